The minimum atomic E-state index is -3.84. The highest BCUT2D eigenvalue weighted by Crippen LogP contribution is 2.23. The molecule has 1 aromatic carbocycles. The van der Waals surface area contributed by atoms with Crippen LogP contribution in [0.15, 0.2) is 23.1 Å². The Kier molecular flexibility index (Phi) is 4.07. The largest absolute Gasteiger partial charge is 0.244 e. The maximum atomic E-state index is 13.3. The van der Waals surface area contributed by atoms with Crippen molar-refractivity contribution in [3.63, 3.8) is 0 Å². The molecule has 3 nitrogen and oxygen atoms in total. The molecule has 0 bridgehead atoms. The Bertz CT molecular complexity index is 427. The van der Waals surface area contributed by atoms with Gasteiger partial charge in [0, 0.05) is 6.54 Å². The smallest absolute Gasteiger partial charge is 0.211 e. The van der Waals surface area contributed by atoms with Gasteiger partial charge in [0.25, 0.3) is 0 Å². The van der Waals surface area contributed by atoms with Crippen LogP contribution in [0.3, 0.4) is 0 Å². The zero-order chi connectivity index (χ0) is 11.5. The van der Waals surface area contributed by atoms with Crippen molar-refractivity contribution in [1.29, 1.82) is 0 Å². The highest BCUT2D eigenvalue weighted by atomic mass is 35.5. The second kappa shape index (κ2) is 4.92. The van der Waals surface area contributed by atoms with Crippen molar-refractivity contribution in [3.8, 4) is 0 Å². The van der Waals surface area contributed by atoms with Crippen molar-refractivity contribution in [2.75, 3.05) is 6.54 Å². The summed E-state index contributed by atoms with van der Waals surface area (Å²) in [5.74, 6) is -0.842. The molecule has 0 aliphatic carbocycles. The van der Waals surface area contributed by atoms with Crippen LogP contribution in [-0.4, -0.2) is 15.0 Å². The van der Waals surface area contributed by atoms with Crippen molar-refractivity contribution in [3.05, 3.63) is 29.0 Å². The van der Waals surface area contributed by atoms with Crippen LogP contribution in [0.25, 0.3) is 0 Å². The summed E-state index contributed by atoms with van der Waals surface area (Å²) in [7, 11) is -3.84. The third-order valence-electron chi connectivity index (χ3n) is 1.73. The fraction of sp³-hybridized carbons (Fsp3) is 0.333. The van der Waals surface area contributed by atoms with Gasteiger partial charge in [-0.3, -0.25) is 0 Å². The maximum absolute atomic E-state index is 13.3. The van der Waals surface area contributed by atoms with Crippen LogP contribution < -0.4 is 4.72 Å². The van der Waals surface area contributed by atoms with E-state index in [1.54, 1.807) is 0 Å². The van der Waals surface area contributed by atoms with Crippen LogP contribution >= 0.6 is 11.6 Å². The van der Waals surface area contributed by atoms with Gasteiger partial charge in [0.2, 0.25) is 10.0 Å². The van der Waals surface area contributed by atoms with Gasteiger partial charge < -0.3 is 0 Å². The Morgan fingerprint density at radius 2 is 2.13 bits per heavy atom. The van der Waals surface area contributed by atoms with Gasteiger partial charge in [-0.25, -0.2) is 17.5 Å². The predicted molar refractivity (Wildman–Crippen MR) is 56.9 cm³/mol. The van der Waals surface area contributed by atoms with Gasteiger partial charge in [-0.15, -0.1) is 0 Å². The Hall–Kier alpha value is -0.650. The topological polar surface area (TPSA) is 46.2 Å². The van der Waals surface area contributed by atoms with Crippen LogP contribution in [0.1, 0.15) is 13.3 Å². The van der Waals surface area contributed by atoms with Gasteiger partial charge in [-0.1, -0.05) is 24.6 Å². The molecule has 0 heterocycles. The molecular weight excluding hydrogens is 241 g/mol. The highest BCUT2D eigenvalue weighted by Gasteiger charge is 2.21. The summed E-state index contributed by atoms with van der Waals surface area (Å²) >= 11 is 5.63. The number of hydrogen-bond acceptors (Lipinski definition) is 2. The number of hydrogen-bond donors (Lipinski definition) is 1. The lowest BCUT2D eigenvalue weighted by atomic mass is 10.3. The molecule has 0 aliphatic heterocycles. The van der Waals surface area contributed by atoms with E-state index in [1.165, 1.54) is 12.1 Å². The number of rotatable bonds is 4. The third kappa shape index (κ3) is 2.90. The molecule has 0 unspecified atom stereocenters. The summed E-state index contributed by atoms with van der Waals surface area (Å²) in [6.07, 6.45) is 0.630. The fourth-order valence-electron chi connectivity index (χ4n) is 1.05. The average molecular weight is 252 g/mol. The molecular formula is C9H11ClFNO2S. The number of benzene rings is 1. The van der Waals surface area contributed by atoms with Crippen molar-refractivity contribution in [2.24, 2.45) is 0 Å². The van der Waals surface area contributed by atoms with Gasteiger partial charge >= 0.3 is 0 Å². The van der Waals surface area contributed by atoms with Crippen LogP contribution in [0.5, 0.6) is 0 Å². The van der Waals surface area contributed by atoms with Crippen molar-refractivity contribution in [1.82, 2.24) is 4.72 Å². The lowest BCUT2D eigenvalue weighted by Gasteiger charge is -2.07. The Labute approximate surface area is 93.3 Å². The van der Waals surface area contributed by atoms with E-state index in [2.05, 4.69) is 4.72 Å². The monoisotopic (exact) mass is 251 g/mol. The molecule has 1 rings (SSSR count). The third-order valence-corrected chi connectivity index (χ3v) is 3.69. The van der Waals surface area contributed by atoms with Crippen LogP contribution in [-0.2, 0) is 10.0 Å². The molecule has 0 aliphatic rings. The SMILES string of the molecule is CCCNS(=O)(=O)c1c(F)cccc1Cl. The average Bonchev–Trinajstić information content (AvgIpc) is 2.14. The van der Waals surface area contributed by atoms with E-state index in [4.69, 9.17) is 11.6 Å². The maximum Gasteiger partial charge on any atom is 0.244 e. The summed E-state index contributed by atoms with van der Waals surface area (Å²) < 4.78 is 38.7. The van der Waals surface area contributed by atoms with E-state index >= 15 is 0 Å². The molecule has 0 saturated heterocycles. The second-order valence-electron chi connectivity index (χ2n) is 2.95. The summed E-state index contributed by atoms with van der Waals surface area (Å²) in [6, 6.07) is 3.76. The summed E-state index contributed by atoms with van der Waals surface area (Å²) in [4.78, 5) is -0.486. The van der Waals surface area contributed by atoms with E-state index in [1.807, 2.05) is 6.92 Å². The lowest BCUT2D eigenvalue weighted by Crippen LogP contribution is -2.25. The zero-order valence-corrected chi connectivity index (χ0v) is 9.70. The van der Waals surface area contributed by atoms with E-state index in [0.29, 0.717) is 6.42 Å². The van der Waals surface area contributed by atoms with Gasteiger partial charge in [-0.2, -0.15) is 0 Å². The van der Waals surface area contributed by atoms with Crippen LogP contribution in [0.2, 0.25) is 5.02 Å². The zero-order valence-electron chi connectivity index (χ0n) is 8.13. The van der Waals surface area contributed by atoms with Crippen molar-refractivity contribution < 1.29 is 12.8 Å². The Balaban J connectivity index is 3.15. The standard InChI is InChI=1S/C9H11ClFNO2S/c1-2-6-12-15(13,14)9-7(10)4-3-5-8(9)11/h3-5,12H,2,6H2,1H3. The van der Waals surface area contributed by atoms with E-state index < -0.39 is 20.7 Å². The summed E-state index contributed by atoms with van der Waals surface area (Å²) in [5, 5.41) is -0.112. The van der Waals surface area contributed by atoms with Crippen molar-refractivity contribution in [2.45, 2.75) is 18.2 Å². The number of nitrogens with one attached hydrogen (secondary N) is 1. The second-order valence-corrected chi connectivity index (χ2v) is 5.06. The molecule has 1 aromatic rings. The van der Waals surface area contributed by atoms with Gasteiger partial charge in [0.05, 0.1) is 5.02 Å². The molecule has 6 heteroatoms. The minimum Gasteiger partial charge on any atom is -0.211 e. The first-order valence-corrected chi connectivity index (χ1v) is 6.29. The first-order valence-electron chi connectivity index (χ1n) is 4.42. The highest BCUT2D eigenvalue weighted by molar-refractivity contribution is 7.89. The molecule has 0 radical (unpaired) electrons. The Morgan fingerprint density at radius 3 is 2.67 bits per heavy atom. The quantitative estimate of drug-likeness (QED) is 0.892. The molecule has 0 fully saturated rings. The predicted octanol–water partition coefficient (Wildman–Crippen LogP) is 2.17. The minimum absolute atomic E-state index is 0.112. The van der Waals surface area contributed by atoms with E-state index in [-0.39, 0.29) is 11.6 Å². The van der Waals surface area contributed by atoms with Gasteiger partial charge in [0.15, 0.2) is 0 Å². The molecule has 0 aromatic heterocycles. The molecule has 0 saturated carbocycles. The van der Waals surface area contributed by atoms with Crippen LogP contribution in [0, 0.1) is 5.82 Å². The first-order chi connectivity index (χ1) is 6.99. The fourth-order valence-corrected chi connectivity index (χ4v) is 2.78. The van der Waals surface area contributed by atoms with Crippen molar-refractivity contribution >= 4 is 21.6 Å². The molecule has 15 heavy (non-hydrogen) atoms. The number of sulfonamides is 1. The summed E-state index contributed by atoms with van der Waals surface area (Å²) in [6.45, 7) is 2.07. The molecule has 0 spiro atoms. The van der Waals surface area contributed by atoms with E-state index in [0.717, 1.165) is 6.07 Å². The Morgan fingerprint density at radius 1 is 1.47 bits per heavy atom. The normalized spacial score (nSPS) is 11.7. The molecule has 1 N–H and O–H groups in total. The van der Waals surface area contributed by atoms with Crippen LogP contribution in [0.4, 0.5) is 4.39 Å². The molecule has 0 amide bonds. The summed E-state index contributed by atoms with van der Waals surface area (Å²) in [5.41, 5.74) is 0. The van der Waals surface area contributed by atoms with Gasteiger partial charge in [0.1, 0.15) is 10.7 Å². The molecule has 84 valence electrons. The van der Waals surface area contributed by atoms with E-state index in [9.17, 15) is 12.8 Å². The van der Waals surface area contributed by atoms with Gasteiger partial charge in [-0.05, 0) is 18.6 Å². The first kappa shape index (κ1) is 12.4. The number of halogens is 2. The lowest BCUT2D eigenvalue weighted by molar-refractivity contribution is 0.557. The molecule has 0 atom stereocenters.